The van der Waals surface area contributed by atoms with Crippen LogP contribution < -0.4 is 5.73 Å². The number of allylic oxidation sites excluding steroid dienone is 2. The summed E-state index contributed by atoms with van der Waals surface area (Å²) in [4.78, 5) is 45.3. The lowest BCUT2D eigenvalue weighted by Gasteiger charge is -2.08. The number of amides is 3. The number of hydrogen-bond donors (Lipinski definition) is 1. The van der Waals surface area contributed by atoms with E-state index in [1.165, 1.54) is 18.2 Å². The number of thioether (sulfide) groups is 1. The number of nitro benzene ring substituents is 1. The highest BCUT2D eigenvalue weighted by Gasteiger charge is 2.35. The number of nitrogens with zero attached hydrogens (tertiary/aromatic N) is 2. The number of hydrogen-bond acceptors (Lipinski definition) is 6. The largest absolute Gasteiger partial charge is 0.368 e. The Morgan fingerprint density at radius 1 is 1.30 bits per heavy atom. The monoisotopic (exact) mass is 333 g/mol. The van der Waals surface area contributed by atoms with E-state index in [1.54, 1.807) is 24.3 Å². The first kappa shape index (κ1) is 16.4. The molecule has 23 heavy (non-hydrogen) atoms. The van der Waals surface area contributed by atoms with E-state index in [-0.39, 0.29) is 10.6 Å². The lowest BCUT2D eigenvalue weighted by molar-refractivity contribution is -0.384. The molecule has 1 aliphatic rings. The number of primary amides is 1. The van der Waals surface area contributed by atoms with Gasteiger partial charge >= 0.3 is 0 Å². The van der Waals surface area contributed by atoms with Crippen LogP contribution in [0.25, 0.3) is 6.08 Å². The van der Waals surface area contributed by atoms with Crippen molar-refractivity contribution in [1.29, 1.82) is 0 Å². The predicted molar refractivity (Wildman–Crippen MR) is 84.1 cm³/mol. The van der Waals surface area contributed by atoms with Crippen LogP contribution in [0.3, 0.4) is 0 Å². The molecule has 3 amide bonds. The van der Waals surface area contributed by atoms with Gasteiger partial charge in [0, 0.05) is 12.1 Å². The Balaban J connectivity index is 2.08. The molecule has 1 aromatic rings. The molecule has 0 saturated carbocycles. The molecule has 1 heterocycles. The van der Waals surface area contributed by atoms with Gasteiger partial charge in [0.1, 0.15) is 6.54 Å². The van der Waals surface area contributed by atoms with Crippen molar-refractivity contribution in [3.63, 3.8) is 0 Å². The second kappa shape index (κ2) is 6.88. The molecule has 0 bridgehead atoms. The van der Waals surface area contributed by atoms with Crippen LogP contribution in [-0.2, 0) is 9.59 Å². The Bertz CT molecular complexity index is 739. The maximum atomic E-state index is 11.9. The second-order valence-corrected chi connectivity index (χ2v) is 5.46. The molecule has 9 heteroatoms. The van der Waals surface area contributed by atoms with Gasteiger partial charge in [0.05, 0.1) is 9.83 Å². The van der Waals surface area contributed by atoms with Gasteiger partial charge in [-0.1, -0.05) is 12.2 Å². The van der Waals surface area contributed by atoms with Crippen molar-refractivity contribution in [2.24, 2.45) is 5.73 Å². The summed E-state index contributed by atoms with van der Waals surface area (Å²) in [6.45, 7) is -0.450. The molecule has 118 valence electrons. The van der Waals surface area contributed by atoms with Crippen LogP contribution in [0.5, 0.6) is 0 Å². The van der Waals surface area contributed by atoms with Crippen LogP contribution >= 0.6 is 11.8 Å². The topological polar surface area (TPSA) is 124 Å². The fourth-order valence-electron chi connectivity index (χ4n) is 1.76. The van der Waals surface area contributed by atoms with Gasteiger partial charge < -0.3 is 5.73 Å². The minimum absolute atomic E-state index is 0.0188. The Morgan fingerprint density at radius 2 is 1.96 bits per heavy atom. The number of non-ortho nitro benzene ring substituents is 1. The highest BCUT2D eigenvalue weighted by molar-refractivity contribution is 8.18. The number of imide groups is 1. The van der Waals surface area contributed by atoms with Crippen molar-refractivity contribution in [2.45, 2.75) is 0 Å². The predicted octanol–water partition coefficient (Wildman–Crippen LogP) is 1.67. The summed E-state index contributed by atoms with van der Waals surface area (Å²) in [5.41, 5.74) is 5.65. The maximum Gasteiger partial charge on any atom is 0.294 e. The third kappa shape index (κ3) is 4.04. The van der Waals surface area contributed by atoms with Crippen molar-refractivity contribution in [3.8, 4) is 0 Å². The molecule has 2 rings (SSSR count). The highest BCUT2D eigenvalue weighted by atomic mass is 32.2. The zero-order valence-corrected chi connectivity index (χ0v) is 12.5. The molecule has 1 fully saturated rings. The van der Waals surface area contributed by atoms with Crippen molar-refractivity contribution in [1.82, 2.24) is 4.90 Å². The standard InChI is InChI=1S/C14H11N3O5S/c15-12(18)8-16-13(19)11(23-14(16)20)3-1-2-9-4-6-10(7-5-9)17(21)22/h1-7H,8H2,(H2,15,18)/b2-1+,11-3-. The molecule has 0 radical (unpaired) electrons. The van der Waals surface area contributed by atoms with Gasteiger partial charge in [0.15, 0.2) is 0 Å². The zero-order chi connectivity index (χ0) is 17.0. The Kier molecular flexibility index (Phi) is 4.91. The Morgan fingerprint density at radius 3 is 2.52 bits per heavy atom. The fourth-order valence-corrected chi connectivity index (χ4v) is 2.55. The van der Waals surface area contributed by atoms with E-state index >= 15 is 0 Å². The summed E-state index contributed by atoms with van der Waals surface area (Å²) in [6.07, 6.45) is 4.61. The number of carbonyl (C=O) groups is 3. The number of rotatable bonds is 5. The molecule has 0 spiro atoms. The van der Waals surface area contributed by atoms with E-state index in [4.69, 9.17) is 5.73 Å². The smallest absolute Gasteiger partial charge is 0.294 e. The molecule has 0 aliphatic carbocycles. The van der Waals surface area contributed by atoms with Crippen molar-refractivity contribution < 1.29 is 19.3 Å². The maximum absolute atomic E-state index is 11.9. The number of nitrogens with two attached hydrogens (primary N) is 1. The minimum Gasteiger partial charge on any atom is -0.368 e. The lowest BCUT2D eigenvalue weighted by Crippen LogP contribution is -2.36. The first-order valence-electron chi connectivity index (χ1n) is 6.33. The van der Waals surface area contributed by atoms with Crippen LogP contribution in [0.4, 0.5) is 10.5 Å². The number of benzene rings is 1. The van der Waals surface area contributed by atoms with Gasteiger partial charge in [0.25, 0.3) is 16.8 Å². The average Bonchev–Trinajstić information content (AvgIpc) is 2.75. The van der Waals surface area contributed by atoms with E-state index < -0.39 is 28.5 Å². The number of carbonyl (C=O) groups excluding carboxylic acids is 3. The molecule has 1 aromatic carbocycles. The summed E-state index contributed by atoms with van der Waals surface area (Å²) >= 11 is 0.715. The highest BCUT2D eigenvalue weighted by Crippen LogP contribution is 2.30. The van der Waals surface area contributed by atoms with E-state index in [9.17, 15) is 24.5 Å². The van der Waals surface area contributed by atoms with Crippen LogP contribution in [0, 0.1) is 10.1 Å². The summed E-state index contributed by atoms with van der Waals surface area (Å²) < 4.78 is 0. The molecule has 2 N–H and O–H groups in total. The van der Waals surface area contributed by atoms with E-state index in [2.05, 4.69) is 0 Å². The van der Waals surface area contributed by atoms with E-state index in [0.717, 1.165) is 4.90 Å². The van der Waals surface area contributed by atoms with E-state index in [1.807, 2.05) is 0 Å². The van der Waals surface area contributed by atoms with Crippen molar-refractivity contribution in [2.75, 3.05) is 6.54 Å². The summed E-state index contributed by atoms with van der Waals surface area (Å²) in [5.74, 6) is -1.35. The second-order valence-electron chi connectivity index (χ2n) is 4.46. The van der Waals surface area contributed by atoms with Gasteiger partial charge in [-0.05, 0) is 35.5 Å². The molecule has 0 atom stereocenters. The summed E-state index contributed by atoms with van der Waals surface area (Å²) in [7, 11) is 0. The van der Waals surface area contributed by atoms with Crippen molar-refractivity contribution in [3.05, 3.63) is 57.0 Å². The third-order valence-electron chi connectivity index (χ3n) is 2.83. The Labute approximate surface area is 134 Å². The quantitative estimate of drug-likeness (QED) is 0.496. The SMILES string of the molecule is NC(=O)CN1C(=O)S/C(=C\C=C\c2ccc([N+](=O)[O-])cc2)C1=O. The van der Waals surface area contributed by atoms with Crippen LogP contribution in [0.2, 0.25) is 0 Å². The first-order chi connectivity index (χ1) is 10.9. The van der Waals surface area contributed by atoms with Crippen LogP contribution in [-0.4, -0.2) is 33.4 Å². The summed E-state index contributed by atoms with van der Waals surface area (Å²) in [5, 5.41) is 9.99. The zero-order valence-electron chi connectivity index (χ0n) is 11.7. The normalized spacial score (nSPS) is 16.5. The molecular weight excluding hydrogens is 322 g/mol. The van der Waals surface area contributed by atoms with Gasteiger partial charge in [-0.2, -0.15) is 0 Å². The van der Waals surface area contributed by atoms with Gasteiger partial charge in [-0.25, -0.2) is 0 Å². The van der Waals surface area contributed by atoms with Crippen molar-refractivity contribution >= 4 is 40.6 Å². The first-order valence-corrected chi connectivity index (χ1v) is 7.15. The van der Waals surface area contributed by atoms with Crippen LogP contribution in [0.1, 0.15) is 5.56 Å². The van der Waals surface area contributed by atoms with Gasteiger partial charge in [-0.3, -0.25) is 29.4 Å². The molecule has 8 nitrogen and oxygen atoms in total. The summed E-state index contributed by atoms with van der Waals surface area (Å²) in [6, 6.07) is 5.84. The Hall–Kier alpha value is -2.94. The molecule has 1 aliphatic heterocycles. The average molecular weight is 333 g/mol. The fraction of sp³-hybridized carbons (Fsp3) is 0.0714. The van der Waals surface area contributed by atoms with Crippen LogP contribution in [0.15, 0.2) is 41.3 Å². The molecular formula is C14H11N3O5S. The molecule has 0 unspecified atom stereocenters. The minimum atomic E-state index is -0.769. The lowest BCUT2D eigenvalue weighted by atomic mass is 10.2. The van der Waals surface area contributed by atoms with E-state index in [0.29, 0.717) is 17.3 Å². The molecule has 1 saturated heterocycles. The number of nitro groups is 1. The third-order valence-corrected chi connectivity index (χ3v) is 3.75. The molecule has 0 aromatic heterocycles. The van der Waals surface area contributed by atoms with Gasteiger partial charge in [-0.15, -0.1) is 0 Å². The van der Waals surface area contributed by atoms with Gasteiger partial charge in [0.2, 0.25) is 5.91 Å².